The minimum atomic E-state index is 0.146. The summed E-state index contributed by atoms with van der Waals surface area (Å²) in [7, 11) is 0. The fourth-order valence-electron chi connectivity index (χ4n) is 2.95. The maximum absolute atomic E-state index is 12.2. The Balaban J connectivity index is 1.83. The van der Waals surface area contributed by atoms with Crippen LogP contribution in [0.4, 0.5) is 0 Å². The van der Waals surface area contributed by atoms with Gasteiger partial charge in [-0.2, -0.15) is 0 Å². The molecule has 0 radical (unpaired) electrons. The van der Waals surface area contributed by atoms with Crippen molar-refractivity contribution < 1.29 is 4.79 Å². The summed E-state index contributed by atoms with van der Waals surface area (Å²) in [4.78, 5) is 12.2. The van der Waals surface area contributed by atoms with Crippen molar-refractivity contribution >= 4 is 5.91 Å². The highest BCUT2D eigenvalue weighted by molar-refractivity contribution is 5.79. The number of nitrogens with two attached hydrogens (primary N) is 1. The van der Waals surface area contributed by atoms with Crippen LogP contribution in [-0.4, -0.2) is 31.1 Å². The average Bonchev–Trinajstić information content (AvgIpc) is 2.32. The third kappa shape index (κ3) is 3.42. The zero-order valence-corrected chi connectivity index (χ0v) is 10.7. The monoisotopic (exact) mass is 239 g/mol. The number of piperidine rings is 1. The minimum Gasteiger partial charge on any atom is -0.352 e. The van der Waals surface area contributed by atoms with Crippen LogP contribution in [0.1, 0.15) is 39.0 Å². The summed E-state index contributed by atoms with van der Waals surface area (Å²) in [6.45, 7) is 4.20. The van der Waals surface area contributed by atoms with E-state index in [-0.39, 0.29) is 17.9 Å². The molecule has 4 heteroatoms. The van der Waals surface area contributed by atoms with Gasteiger partial charge in [0, 0.05) is 24.5 Å². The number of carbonyl (C=O) groups excluding carboxylic acids is 1. The van der Waals surface area contributed by atoms with Gasteiger partial charge in [0.1, 0.15) is 0 Å². The number of carbonyl (C=O) groups is 1. The van der Waals surface area contributed by atoms with E-state index in [0.29, 0.717) is 12.0 Å². The molecule has 4 nitrogen and oxygen atoms in total. The van der Waals surface area contributed by atoms with Crippen LogP contribution >= 0.6 is 0 Å². The van der Waals surface area contributed by atoms with E-state index in [1.807, 2.05) is 0 Å². The fraction of sp³-hybridized carbons (Fsp3) is 0.923. The Morgan fingerprint density at radius 3 is 2.88 bits per heavy atom. The Labute approximate surface area is 104 Å². The van der Waals surface area contributed by atoms with Crippen LogP contribution in [0.3, 0.4) is 0 Å². The van der Waals surface area contributed by atoms with Gasteiger partial charge in [-0.1, -0.05) is 13.3 Å². The molecule has 0 bridgehead atoms. The second-order valence-electron chi connectivity index (χ2n) is 5.71. The smallest absolute Gasteiger partial charge is 0.223 e. The molecule has 1 saturated carbocycles. The molecule has 4 atom stereocenters. The molecule has 4 N–H and O–H groups in total. The van der Waals surface area contributed by atoms with Gasteiger partial charge in [-0.05, 0) is 38.1 Å². The Morgan fingerprint density at radius 2 is 2.18 bits per heavy atom. The lowest BCUT2D eigenvalue weighted by Crippen LogP contribution is -2.52. The molecule has 4 unspecified atom stereocenters. The van der Waals surface area contributed by atoms with Gasteiger partial charge < -0.3 is 16.4 Å². The van der Waals surface area contributed by atoms with Crippen molar-refractivity contribution in [3.8, 4) is 0 Å². The third-order valence-electron chi connectivity index (χ3n) is 4.24. The summed E-state index contributed by atoms with van der Waals surface area (Å²) < 4.78 is 0. The van der Waals surface area contributed by atoms with Crippen LogP contribution in [0.25, 0.3) is 0 Å². The topological polar surface area (TPSA) is 67.1 Å². The first-order valence-corrected chi connectivity index (χ1v) is 6.93. The Morgan fingerprint density at radius 1 is 1.35 bits per heavy atom. The lowest BCUT2D eigenvalue weighted by molar-refractivity contribution is -0.127. The molecule has 1 saturated heterocycles. The third-order valence-corrected chi connectivity index (χ3v) is 4.24. The Kier molecular flexibility index (Phi) is 4.40. The molecule has 2 fully saturated rings. The summed E-state index contributed by atoms with van der Waals surface area (Å²) in [6, 6.07) is 0.524. The Bertz CT molecular complexity index is 269. The predicted octanol–water partition coefficient (Wildman–Crippen LogP) is 0.618. The maximum atomic E-state index is 12.2. The van der Waals surface area contributed by atoms with Crippen LogP contribution in [0.5, 0.6) is 0 Å². The first-order valence-electron chi connectivity index (χ1n) is 6.93. The van der Waals surface area contributed by atoms with E-state index in [9.17, 15) is 4.79 Å². The summed E-state index contributed by atoms with van der Waals surface area (Å²) in [5, 5.41) is 6.54. The maximum Gasteiger partial charge on any atom is 0.223 e. The van der Waals surface area contributed by atoms with Crippen molar-refractivity contribution in [2.75, 3.05) is 13.1 Å². The molecule has 0 aromatic rings. The normalized spacial score (nSPS) is 38.7. The van der Waals surface area contributed by atoms with E-state index in [4.69, 9.17) is 5.73 Å². The number of hydrogen-bond acceptors (Lipinski definition) is 3. The van der Waals surface area contributed by atoms with Gasteiger partial charge in [-0.25, -0.2) is 0 Å². The molecule has 17 heavy (non-hydrogen) atoms. The second kappa shape index (κ2) is 5.83. The van der Waals surface area contributed by atoms with E-state index < -0.39 is 0 Å². The highest BCUT2D eigenvalue weighted by Crippen LogP contribution is 2.23. The van der Waals surface area contributed by atoms with Crippen LogP contribution in [0, 0.1) is 11.8 Å². The van der Waals surface area contributed by atoms with Crippen molar-refractivity contribution in [3.63, 3.8) is 0 Å². The largest absolute Gasteiger partial charge is 0.352 e. The summed E-state index contributed by atoms with van der Waals surface area (Å²) >= 11 is 0. The SMILES string of the molecule is CC1CCNCC1NC(=O)C1CCCC(N)C1. The number of rotatable bonds is 2. The van der Waals surface area contributed by atoms with Gasteiger partial charge >= 0.3 is 0 Å². The quantitative estimate of drug-likeness (QED) is 0.662. The number of hydrogen-bond donors (Lipinski definition) is 3. The van der Waals surface area contributed by atoms with Crippen LogP contribution in [0.15, 0.2) is 0 Å². The van der Waals surface area contributed by atoms with Gasteiger partial charge in [0.2, 0.25) is 5.91 Å². The van der Waals surface area contributed by atoms with Crippen LogP contribution in [0.2, 0.25) is 0 Å². The highest BCUT2D eigenvalue weighted by Gasteiger charge is 2.29. The first-order chi connectivity index (χ1) is 8.16. The molecular formula is C13H25N3O. The van der Waals surface area contributed by atoms with Crippen molar-refractivity contribution in [1.29, 1.82) is 0 Å². The summed E-state index contributed by atoms with van der Waals surface area (Å²) in [5.41, 5.74) is 5.93. The lowest BCUT2D eigenvalue weighted by Gasteiger charge is -2.33. The zero-order chi connectivity index (χ0) is 12.3. The van der Waals surface area contributed by atoms with Gasteiger partial charge in [-0.15, -0.1) is 0 Å². The molecule has 0 spiro atoms. The highest BCUT2D eigenvalue weighted by atomic mass is 16.1. The van der Waals surface area contributed by atoms with Crippen LogP contribution < -0.4 is 16.4 Å². The van der Waals surface area contributed by atoms with E-state index in [1.54, 1.807) is 0 Å². The first kappa shape index (κ1) is 12.8. The molecular weight excluding hydrogens is 214 g/mol. The second-order valence-corrected chi connectivity index (χ2v) is 5.71. The molecule has 2 aliphatic rings. The van der Waals surface area contributed by atoms with E-state index in [0.717, 1.165) is 45.2 Å². The van der Waals surface area contributed by atoms with E-state index >= 15 is 0 Å². The predicted molar refractivity (Wildman–Crippen MR) is 68.5 cm³/mol. The van der Waals surface area contributed by atoms with Crippen molar-refractivity contribution in [1.82, 2.24) is 10.6 Å². The van der Waals surface area contributed by atoms with Crippen LogP contribution in [-0.2, 0) is 4.79 Å². The van der Waals surface area contributed by atoms with E-state index in [1.165, 1.54) is 0 Å². The average molecular weight is 239 g/mol. The Hall–Kier alpha value is -0.610. The van der Waals surface area contributed by atoms with Gasteiger partial charge in [0.15, 0.2) is 0 Å². The molecule has 0 aromatic heterocycles. The molecule has 1 heterocycles. The summed E-state index contributed by atoms with van der Waals surface area (Å²) in [5.74, 6) is 0.950. The molecule has 2 rings (SSSR count). The summed E-state index contributed by atoms with van der Waals surface area (Å²) in [6.07, 6.45) is 5.19. The van der Waals surface area contributed by atoms with Gasteiger partial charge in [0.25, 0.3) is 0 Å². The molecule has 98 valence electrons. The van der Waals surface area contributed by atoms with Crippen molar-refractivity contribution in [2.45, 2.75) is 51.1 Å². The van der Waals surface area contributed by atoms with Crippen molar-refractivity contribution in [3.05, 3.63) is 0 Å². The molecule has 0 aromatic carbocycles. The molecule has 1 aliphatic carbocycles. The van der Waals surface area contributed by atoms with E-state index in [2.05, 4.69) is 17.6 Å². The fourth-order valence-corrected chi connectivity index (χ4v) is 2.95. The number of amides is 1. The molecule has 1 aliphatic heterocycles. The zero-order valence-electron chi connectivity index (χ0n) is 10.7. The standard InChI is InChI=1S/C13H25N3O/c1-9-5-6-15-8-12(9)16-13(17)10-3-2-4-11(14)7-10/h9-12,15H,2-8,14H2,1H3,(H,16,17). The van der Waals surface area contributed by atoms with Gasteiger partial charge in [-0.3, -0.25) is 4.79 Å². The van der Waals surface area contributed by atoms with Gasteiger partial charge in [0.05, 0.1) is 0 Å². The number of nitrogens with one attached hydrogen (secondary N) is 2. The lowest BCUT2D eigenvalue weighted by atomic mass is 9.85. The minimum absolute atomic E-state index is 0.146. The van der Waals surface area contributed by atoms with Crippen molar-refractivity contribution in [2.24, 2.45) is 17.6 Å². The molecule has 1 amide bonds.